The van der Waals surface area contributed by atoms with Gasteiger partial charge >= 0.3 is 5.69 Å². The summed E-state index contributed by atoms with van der Waals surface area (Å²) in [6.45, 7) is 5.02. The van der Waals surface area contributed by atoms with E-state index in [9.17, 15) is 18.0 Å². The van der Waals surface area contributed by atoms with Crippen molar-refractivity contribution < 1.29 is 8.42 Å². The van der Waals surface area contributed by atoms with Crippen LogP contribution >= 0.6 is 27.5 Å². The van der Waals surface area contributed by atoms with Crippen molar-refractivity contribution in [3.63, 3.8) is 0 Å². The van der Waals surface area contributed by atoms with E-state index in [2.05, 4.69) is 31.1 Å². The molecule has 35 heavy (non-hydrogen) atoms. The average molecular weight is 584 g/mol. The minimum atomic E-state index is -3.57. The summed E-state index contributed by atoms with van der Waals surface area (Å²) >= 11 is 9.70. The fraction of sp³-hybridized carbons (Fsp3) is 0.417. The number of nitrogens with zero attached hydrogens (tertiary/aromatic N) is 2. The molecule has 1 saturated heterocycles. The molecule has 4 rings (SSSR count). The SMILES string of the molecule is CCS(=O)(=O)c1ccc(Cl)cc1Cn1c(=O)[nH]c2cc(CN3CCC(CNC)C3)c(Br)cc2c1=O. The summed E-state index contributed by atoms with van der Waals surface area (Å²) in [5.41, 5.74) is 0.638. The van der Waals surface area contributed by atoms with Crippen LogP contribution in [0.25, 0.3) is 10.9 Å². The van der Waals surface area contributed by atoms with Crippen LogP contribution in [0, 0.1) is 5.92 Å². The van der Waals surface area contributed by atoms with Gasteiger partial charge in [0.2, 0.25) is 0 Å². The number of hydrogen-bond donors (Lipinski definition) is 2. The Morgan fingerprint density at radius 2 is 1.94 bits per heavy atom. The van der Waals surface area contributed by atoms with Crippen molar-refractivity contribution in [2.24, 2.45) is 5.92 Å². The van der Waals surface area contributed by atoms with Crippen LogP contribution in [0.15, 0.2) is 49.3 Å². The van der Waals surface area contributed by atoms with Crippen molar-refractivity contribution >= 4 is 48.3 Å². The van der Waals surface area contributed by atoms with Gasteiger partial charge in [-0.3, -0.25) is 14.3 Å². The maximum absolute atomic E-state index is 13.3. The lowest BCUT2D eigenvalue weighted by Crippen LogP contribution is -2.35. The molecule has 0 bridgehead atoms. The first-order valence-electron chi connectivity index (χ1n) is 11.5. The minimum Gasteiger partial charge on any atom is -0.319 e. The molecule has 1 aromatic heterocycles. The summed E-state index contributed by atoms with van der Waals surface area (Å²) < 4.78 is 26.9. The van der Waals surface area contributed by atoms with Crippen molar-refractivity contribution in [1.82, 2.24) is 19.8 Å². The van der Waals surface area contributed by atoms with Gasteiger partial charge in [-0.05, 0) is 73.9 Å². The predicted octanol–water partition coefficient (Wildman–Crippen LogP) is 2.99. The van der Waals surface area contributed by atoms with E-state index in [0.29, 0.717) is 34.0 Å². The van der Waals surface area contributed by atoms with E-state index in [1.165, 1.54) is 18.2 Å². The number of H-pyrrole nitrogens is 1. The van der Waals surface area contributed by atoms with Gasteiger partial charge in [-0.15, -0.1) is 0 Å². The molecule has 1 unspecified atom stereocenters. The number of nitrogens with one attached hydrogen (secondary N) is 2. The monoisotopic (exact) mass is 582 g/mol. The van der Waals surface area contributed by atoms with Gasteiger partial charge < -0.3 is 10.3 Å². The number of aromatic nitrogens is 2. The van der Waals surface area contributed by atoms with E-state index in [4.69, 9.17) is 11.6 Å². The molecule has 1 aliphatic rings. The number of rotatable bonds is 8. The topological polar surface area (TPSA) is 104 Å². The van der Waals surface area contributed by atoms with Gasteiger partial charge in [0, 0.05) is 22.6 Å². The molecule has 0 spiro atoms. The molecule has 11 heteroatoms. The molecule has 2 aromatic carbocycles. The molecule has 0 amide bonds. The van der Waals surface area contributed by atoms with Gasteiger partial charge in [-0.1, -0.05) is 34.5 Å². The van der Waals surface area contributed by atoms with E-state index in [0.717, 1.165) is 40.7 Å². The third kappa shape index (κ3) is 5.56. The first kappa shape index (κ1) is 26.1. The molecule has 1 fully saturated rings. The highest BCUT2D eigenvalue weighted by Crippen LogP contribution is 2.26. The third-order valence-electron chi connectivity index (χ3n) is 6.47. The maximum Gasteiger partial charge on any atom is 0.329 e. The lowest BCUT2D eigenvalue weighted by Gasteiger charge is -2.18. The van der Waals surface area contributed by atoms with Gasteiger partial charge in [-0.25, -0.2) is 13.2 Å². The molecule has 0 aliphatic carbocycles. The van der Waals surface area contributed by atoms with Gasteiger partial charge in [0.05, 0.1) is 28.1 Å². The van der Waals surface area contributed by atoms with Crippen molar-refractivity contribution in [3.8, 4) is 0 Å². The van der Waals surface area contributed by atoms with E-state index >= 15 is 0 Å². The second-order valence-corrected chi connectivity index (χ2v) is 12.5. The largest absolute Gasteiger partial charge is 0.329 e. The molecule has 8 nitrogen and oxygen atoms in total. The molecule has 1 atom stereocenters. The molecule has 2 heterocycles. The second-order valence-electron chi connectivity index (χ2n) is 8.91. The smallest absolute Gasteiger partial charge is 0.319 e. The van der Waals surface area contributed by atoms with Gasteiger partial charge in [0.25, 0.3) is 5.56 Å². The Hall–Kier alpha value is -1.98. The van der Waals surface area contributed by atoms with Crippen LogP contribution in [-0.4, -0.2) is 55.3 Å². The fourth-order valence-corrected chi connectivity index (χ4v) is 6.41. The summed E-state index contributed by atoms with van der Waals surface area (Å²) in [4.78, 5) is 31.5. The van der Waals surface area contributed by atoms with Gasteiger partial charge in [0.1, 0.15) is 0 Å². The molecular weight excluding hydrogens is 556 g/mol. The van der Waals surface area contributed by atoms with E-state index in [-0.39, 0.29) is 17.2 Å². The molecule has 0 saturated carbocycles. The molecule has 2 N–H and O–H groups in total. The summed E-state index contributed by atoms with van der Waals surface area (Å²) in [5, 5.41) is 3.90. The first-order valence-corrected chi connectivity index (χ1v) is 14.3. The first-order chi connectivity index (χ1) is 16.6. The second kappa shape index (κ2) is 10.6. The maximum atomic E-state index is 13.3. The number of fused-ring (bicyclic) bond motifs is 1. The van der Waals surface area contributed by atoms with Crippen LogP contribution in [0.3, 0.4) is 0 Å². The number of sulfone groups is 1. The van der Waals surface area contributed by atoms with Crippen LogP contribution in [0.2, 0.25) is 5.02 Å². The van der Waals surface area contributed by atoms with Crippen LogP contribution in [0.1, 0.15) is 24.5 Å². The van der Waals surface area contributed by atoms with Crippen LogP contribution in [0.4, 0.5) is 0 Å². The molecular formula is C24H28BrClN4O4S. The Morgan fingerprint density at radius 3 is 2.66 bits per heavy atom. The predicted molar refractivity (Wildman–Crippen MR) is 142 cm³/mol. The highest BCUT2D eigenvalue weighted by molar-refractivity contribution is 9.10. The van der Waals surface area contributed by atoms with E-state index in [1.807, 2.05) is 13.1 Å². The fourth-order valence-electron chi connectivity index (χ4n) is 4.64. The van der Waals surface area contributed by atoms with Gasteiger partial charge in [0.15, 0.2) is 9.84 Å². The minimum absolute atomic E-state index is 0.0644. The number of hydrogen-bond acceptors (Lipinski definition) is 6. The van der Waals surface area contributed by atoms with E-state index in [1.54, 1.807) is 13.0 Å². The lowest BCUT2D eigenvalue weighted by atomic mass is 10.1. The van der Waals surface area contributed by atoms with Crippen molar-refractivity contribution in [3.05, 3.63) is 71.8 Å². The average Bonchev–Trinajstić information content (AvgIpc) is 3.25. The number of benzene rings is 2. The Balaban J connectivity index is 1.70. The van der Waals surface area contributed by atoms with Crippen LogP contribution in [-0.2, 0) is 22.9 Å². The van der Waals surface area contributed by atoms with Crippen molar-refractivity contribution in [2.75, 3.05) is 32.4 Å². The Kier molecular flexibility index (Phi) is 7.87. The van der Waals surface area contributed by atoms with Crippen molar-refractivity contribution in [1.29, 1.82) is 0 Å². The van der Waals surface area contributed by atoms with Crippen LogP contribution in [0.5, 0.6) is 0 Å². The summed E-state index contributed by atoms with van der Waals surface area (Å²) in [7, 11) is -1.61. The quantitative estimate of drug-likeness (QED) is 0.423. The number of aromatic amines is 1. The zero-order valence-corrected chi connectivity index (χ0v) is 22.8. The Morgan fingerprint density at radius 1 is 1.17 bits per heavy atom. The van der Waals surface area contributed by atoms with Crippen molar-refractivity contribution in [2.45, 2.75) is 31.3 Å². The van der Waals surface area contributed by atoms with E-state index < -0.39 is 21.1 Å². The highest BCUT2D eigenvalue weighted by atomic mass is 79.9. The molecule has 1 aliphatic heterocycles. The Labute approximate surface area is 217 Å². The summed E-state index contributed by atoms with van der Waals surface area (Å²) in [6, 6.07) is 7.95. The molecule has 188 valence electrons. The molecule has 3 aromatic rings. The lowest BCUT2D eigenvalue weighted by molar-refractivity contribution is 0.315. The highest BCUT2D eigenvalue weighted by Gasteiger charge is 2.23. The summed E-state index contributed by atoms with van der Waals surface area (Å²) in [5.74, 6) is 0.506. The third-order valence-corrected chi connectivity index (χ3v) is 9.27. The number of halogens is 2. The molecule has 0 radical (unpaired) electrons. The normalized spacial score (nSPS) is 16.9. The summed E-state index contributed by atoms with van der Waals surface area (Å²) in [6.07, 6.45) is 1.13. The Bertz CT molecular complexity index is 1490. The number of likely N-dealkylation sites (tertiary alicyclic amines) is 1. The van der Waals surface area contributed by atoms with Crippen LogP contribution < -0.4 is 16.6 Å². The standard InChI is InChI=1S/C24H28BrClN4O4S/c1-3-35(33,34)22-5-4-18(26)8-17(22)14-30-23(31)19-10-20(25)16(9-21(19)28-24(30)32)13-29-7-6-15(12-29)11-27-2/h4-5,8-10,15,27H,3,6-7,11-14H2,1-2H3,(H,28,32). The zero-order chi connectivity index (χ0) is 25.3. The van der Waals surface area contributed by atoms with Gasteiger partial charge in [-0.2, -0.15) is 0 Å². The zero-order valence-electron chi connectivity index (χ0n) is 19.6.